The molecule has 2 aliphatic heterocycles. The van der Waals surface area contributed by atoms with Crippen LogP contribution >= 0.6 is 0 Å². The van der Waals surface area contributed by atoms with E-state index in [-0.39, 0.29) is 23.7 Å². The van der Waals surface area contributed by atoms with E-state index >= 15 is 0 Å². The van der Waals surface area contributed by atoms with E-state index in [2.05, 4.69) is 47.3 Å². The number of methoxy groups -OCH3 is 1. The summed E-state index contributed by atoms with van der Waals surface area (Å²) in [6, 6.07) is 8.96. The van der Waals surface area contributed by atoms with Crippen LogP contribution in [0, 0.1) is 23.6 Å². The molecule has 9 nitrogen and oxygen atoms in total. The smallest absolute Gasteiger partial charge is 0.407 e. The Morgan fingerprint density at radius 1 is 1.19 bits per heavy atom. The first-order chi connectivity index (χ1) is 20.5. The average Bonchev–Trinajstić information content (AvgIpc) is 3.70. The van der Waals surface area contributed by atoms with Gasteiger partial charge in [0.25, 0.3) is 0 Å². The first-order valence-electron chi connectivity index (χ1n) is 15.0. The summed E-state index contributed by atoms with van der Waals surface area (Å²) < 4.78 is 22.1. The Morgan fingerprint density at radius 3 is 2.74 bits per heavy atom. The lowest BCUT2D eigenvalue weighted by molar-refractivity contribution is 0.0469. The number of piperidine rings is 1. The van der Waals surface area contributed by atoms with Gasteiger partial charge in [-0.25, -0.2) is 24.1 Å². The Hall–Kier alpha value is -3.79. The molecule has 1 unspecified atom stereocenters. The molecule has 3 fully saturated rings. The van der Waals surface area contributed by atoms with Crippen molar-refractivity contribution in [3.05, 3.63) is 79.0 Å². The number of imidazole rings is 1. The van der Waals surface area contributed by atoms with Crippen LogP contribution in [0.5, 0.6) is 0 Å². The van der Waals surface area contributed by atoms with E-state index in [4.69, 9.17) is 4.74 Å². The quantitative estimate of drug-likeness (QED) is 0.401. The molecule has 3 aliphatic rings. The zero-order valence-electron chi connectivity index (χ0n) is 24.2. The second-order valence-electron chi connectivity index (χ2n) is 11.9. The normalized spacial score (nSPS) is 23.2. The van der Waals surface area contributed by atoms with Crippen LogP contribution in [0.25, 0.3) is 6.08 Å². The molecular weight excluding hydrogens is 533 g/mol. The molecule has 222 valence electrons. The second kappa shape index (κ2) is 12.2. The van der Waals surface area contributed by atoms with Gasteiger partial charge in [-0.15, -0.1) is 0 Å². The predicted molar refractivity (Wildman–Crippen MR) is 159 cm³/mol. The Labute approximate surface area is 246 Å². The van der Waals surface area contributed by atoms with Gasteiger partial charge in [0.2, 0.25) is 0 Å². The lowest BCUT2D eigenvalue weighted by Crippen LogP contribution is -2.57. The maximum Gasteiger partial charge on any atom is 0.407 e. The van der Waals surface area contributed by atoms with Crippen molar-refractivity contribution >= 4 is 18.0 Å². The minimum atomic E-state index is -0.546. The fourth-order valence-corrected chi connectivity index (χ4v) is 7.83. The minimum Gasteiger partial charge on any atom is -0.453 e. The maximum atomic E-state index is 14.9. The summed E-state index contributed by atoms with van der Waals surface area (Å²) in [5, 5.41) is 3.13. The predicted octanol–water partition coefficient (Wildman–Crippen LogP) is 4.57. The van der Waals surface area contributed by atoms with Gasteiger partial charge in [0.05, 0.1) is 24.7 Å². The van der Waals surface area contributed by atoms with Crippen molar-refractivity contribution in [2.75, 3.05) is 44.7 Å². The summed E-state index contributed by atoms with van der Waals surface area (Å²) in [5.41, 5.74) is 1.24. The van der Waals surface area contributed by atoms with Gasteiger partial charge in [0, 0.05) is 56.0 Å². The average molecular weight is 574 g/mol. The van der Waals surface area contributed by atoms with Gasteiger partial charge in [-0.05, 0) is 68.5 Å². The minimum absolute atomic E-state index is 0.0673. The number of halogens is 1. The number of anilines is 1. The molecule has 1 N–H and O–H groups in total. The van der Waals surface area contributed by atoms with E-state index in [1.165, 1.54) is 13.2 Å². The van der Waals surface area contributed by atoms with E-state index in [1.54, 1.807) is 30.7 Å². The van der Waals surface area contributed by atoms with Gasteiger partial charge < -0.3 is 24.4 Å². The molecule has 10 heteroatoms. The van der Waals surface area contributed by atoms with Crippen molar-refractivity contribution in [1.82, 2.24) is 29.7 Å². The molecule has 1 aromatic carbocycles. The molecule has 1 aliphatic carbocycles. The zero-order chi connectivity index (χ0) is 29.1. The molecule has 1 saturated carbocycles. The summed E-state index contributed by atoms with van der Waals surface area (Å²) in [4.78, 5) is 30.4. The number of likely N-dealkylation sites (tertiary alicyclic amines) is 1. The number of aromatic nitrogens is 4. The van der Waals surface area contributed by atoms with E-state index in [1.807, 2.05) is 18.6 Å². The number of benzene rings is 1. The highest BCUT2D eigenvalue weighted by molar-refractivity contribution is 5.67. The lowest BCUT2D eigenvalue weighted by atomic mass is 9.64. The maximum absolute atomic E-state index is 14.9. The number of hydrogen-bond acceptors (Lipinski definition) is 7. The van der Waals surface area contributed by atoms with Crippen LogP contribution in [0.1, 0.15) is 43.4 Å². The number of carbonyl (C=O) groups excluding carboxylic acids is 1. The van der Waals surface area contributed by atoms with Gasteiger partial charge in [-0.1, -0.05) is 25.1 Å². The van der Waals surface area contributed by atoms with E-state index < -0.39 is 11.6 Å². The molecule has 2 saturated heterocycles. The molecule has 0 bridgehead atoms. The molecular formula is C32H40FN7O2. The van der Waals surface area contributed by atoms with Gasteiger partial charge in [-0.3, -0.25) is 0 Å². The third-order valence-electron chi connectivity index (χ3n) is 9.68. The fraction of sp³-hybridized carbons (Fsp3) is 0.500. The second-order valence-corrected chi connectivity index (χ2v) is 11.9. The van der Waals surface area contributed by atoms with Crippen LogP contribution in [0.15, 0.2) is 62.0 Å². The number of hydrogen-bond donors (Lipinski definition) is 1. The number of ether oxygens (including phenoxy) is 1. The zero-order valence-corrected chi connectivity index (χ0v) is 24.2. The summed E-state index contributed by atoms with van der Waals surface area (Å²) in [6.45, 7) is 8.79. The fourth-order valence-electron chi connectivity index (χ4n) is 7.83. The third kappa shape index (κ3) is 5.40. The van der Waals surface area contributed by atoms with Gasteiger partial charge in [-0.2, -0.15) is 0 Å². The molecule has 4 heterocycles. The van der Waals surface area contributed by atoms with Crippen molar-refractivity contribution in [2.24, 2.45) is 17.8 Å². The van der Waals surface area contributed by atoms with E-state index in [0.717, 1.165) is 81.9 Å². The third-order valence-corrected chi connectivity index (χ3v) is 9.68. The number of amides is 1. The first-order valence-corrected chi connectivity index (χ1v) is 15.0. The van der Waals surface area contributed by atoms with E-state index in [9.17, 15) is 9.18 Å². The SMILES string of the molecule is C=Cc1cc(N2CC(CN3CCC(C(c4cccc(F)c4)([C@H]4CCC[C@@H]4NC(=O)OC)n4ccnc4)CC3)C2)ncn1. The number of rotatable bonds is 9. The first kappa shape index (κ1) is 28.3. The lowest BCUT2D eigenvalue weighted by Gasteiger charge is -2.51. The van der Waals surface area contributed by atoms with Gasteiger partial charge in [0.15, 0.2) is 0 Å². The van der Waals surface area contributed by atoms with Gasteiger partial charge in [0.1, 0.15) is 18.0 Å². The molecule has 3 aromatic rings. The monoisotopic (exact) mass is 573 g/mol. The topological polar surface area (TPSA) is 88.4 Å². The molecule has 6 rings (SSSR count). The van der Waals surface area contributed by atoms with Crippen molar-refractivity contribution in [1.29, 1.82) is 0 Å². The van der Waals surface area contributed by atoms with Gasteiger partial charge >= 0.3 is 6.09 Å². The highest BCUT2D eigenvalue weighted by atomic mass is 19.1. The summed E-state index contributed by atoms with van der Waals surface area (Å²) in [5.74, 6) is 1.61. The Kier molecular flexibility index (Phi) is 8.24. The van der Waals surface area contributed by atoms with Crippen molar-refractivity contribution < 1.29 is 13.9 Å². The molecule has 0 spiro atoms. The molecule has 0 radical (unpaired) electrons. The van der Waals surface area contributed by atoms with Crippen LogP contribution in [0.4, 0.5) is 15.0 Å². The summed E-state index contributed by atoms with van der Waals surface area (Å²) >= 11 is 0. The molecule has 2 aromatic heterocycles. The molecule has 3 atom stereocenters. The van der Waals surface area contributed by atoms with Crippen LogP contribution < -0.4 is 10.2 Å². The summed E-state index contributed by atoms with van der Waals surface area (Å²) in [6.07, 6.45) is 13.4. The van der Waals surface area contributed by atoms with Crippen LogP contribution in [0.3, 0.4) is 0 Å². The molecule has 42 heavy (non-hydrogen) atoms. The van der Waals surface area contributed by atoms with Crippen LogP contribution in [0.2, 0.25) is 0 Å². The number of nitrogens with one attached hydrogen (secondary N) is 1. The van der Waals surface area contributed by atoms with Crippen LogP contribution in [-0.2, 0) is 10.3 Å². The number of alkyl carbamates (subject to hydrolysis) is 1. The Bertz CT molecular complexity index is 1370. The number of nitrogens with zero attached hydrogens (tertiary/aromatic N) is 6. The van der Waals surface area contributed by atoms with Crippen molar-refractivity contribution in [3.63, 3.8) is 0 Å². The Balaban J connectivity index is 1.21. The highest BCUT2D eigenvalue weighted by Crippen LogP contribution is 2.51. The van der Waals surface area contributed by atoms with Crippen molar-refractivity contribution in [3.8, 4) is 0 Å². The van der Waals surface area contributed by atoms with E-state index in [0.29, 0.717) is 5.92 Å². The van der Waals surface area contributed by atoms with Crippen molar-refractivity contribution in [2.45, 2.75) is 43.7 Å². The summed E-state index contributed by atoms with van der Waals surface area (Å²) in [7, 11) is 1.40. The number of carbonyl (C=O) groups is 1. The largest absolute Gasteiger partial charge is 0.453 e. The highest BCUT2D eigenvalue weighted by Gasteiger charge is 2.53. The Morgan fingerprint density at radius 2 is 2.02 bits per heavy atom. The van der Waals surface area contributed by atoms with Crippen LogP contribution in [-0.4, -0.2) is 76.4 Å². The molecule has 1 amide bonds. The standard InChI is InChI=1S/C32H40FN7O2/c1-3-27-17-30(36-21-35-27)39-19-23(20-39)18-38-13-10-24(11-14-38)32(40-15-12-34-22-40,25-6-4-7-26(33)16-25)28-8-5-9-29(28)37-31(41)42-2/h3-4,6-7,12,15-17,21-24,28-29H,1,5,8-11,13-14,18-20H2,2H3,(H,37,41)/t28-,29-,32?/m0/s1.